The first-order chi connectivity index (χ1) is 10.3. The molecule has 3 N–H and O–H groups in total. The Morgan fingerprint density at radius 3 is 1.81 bits per heavy atom. The minimum Gasteiger partial charge on any atom is -0.508 e. The molecule has 0 aromatic heterocycles. The van der Waals surface area contributed by atoms with Crippen LogP contribution in [0.5, 0.6) is 5.75 Å². The molecule has 110 valence electrons. The second-order valence-corrected chi connectivity index (χ2v) is 5.77. The molecule has 3 rings (SSSR count). The highest BCUT2D eigenvalue weighted by Crippen LogP contribution is 2.12. The normalized spacial score (nSPS) is 22.1. The molecule has 3 nitrogen and oxygen atoms in total. The average molecular weight is 282 g/mol. The summed E-state index contributed by atoms with van der Waals surface area (Å²) in [5, 5.41) is 16.6. The Balaban J connectivity index is 1.47. The van der Waals surface area contributed by atoms with Crippen molar-refractivity contribution in [1.82, 2.24) is 10.6 Å². The zero-order valence-corrected chi connectivity index (χ0v) is 12.1. The Morgan fingerprint density at radius 2 is 1.29 bits per heavy atom. The Morgan fingerprint density at radius 1 is 0.762 bits per heavy atom. The van der Waals surface area contributed by atoms with Crippen molar-refractivity contribution in [3.8, 4) is 5.75 Å². The van der Waals surface area contributed by atoms with Crippen LogP contribution < -0.4 is 10.6 Å². The summed E-state index contributed by atoms with van der Waals surface area (Å²) >= 11 is 0. The SMILES string of the molecule is Oc1ccc(C[C@H]2CN[C@@H](Cc3ccccc3)CN2)cc1. The molecule has 2 atom stereocenters. The fourth-order valence-corrected chi connectivity index (χ4v) is 2.87. The van der Waals surface area contributed by atoms with Crippen molar-refractivity contribution in [3.05, 3.63) is 65.7 Å². The van der Waals surface area contributed by atoms with Crippen molar-refractivity contribution >= 4 is 0 Å². The van der Waals surface area contributed by atoms with Gasteiger partial charge in [-0.3, -0.25) is 0 Å². The maximum Gasteiger partial charge on any atom is 0.115 e. The molecule has 0 spiro atoms. The highest BCUT2D eigenvalue weighted by atomic mass is 16.3. The molecule has 0 saturated carbocycles. The quantitative estimate of drug-likeness (QED) is 0.805. The maximum absolute atomic E-state index is 9.31. The van der Waals surface area contributed by atoms with Gasteiger partial charge in [-0.05, 0) is 36.1 Å². The third-order valence-electron chi connectivity index (χ3n) is 4.05. The summed E-state index contributed by atoms with van der Waals surface area (Å²) in [7, 11) is 0. The molecule has 1 saturated heterocycles. The minimum atomic E-state index is 0.330. The molecule has 21 heavy (non-hydrogen) atoms. The molecule has 1 aliphatic heterocycles. The van der Waals surface area contributed by atoms with Crippen LogP contribution >= 0.6 is 0 Å². The van der Waals surface area contributed by atoms with Gasteiger partial charge in [-0.15, -0.1) is 0 Å². The second kappa shape index (κ2) is 6.74. The lowest BCUT2D eigenvalue weighted by atomic mass is 10.00. The van der Waals surface area contributed by atoms with E-state index in [1.165, 1.54) is 11.1 Å². The summed E-state index contributed by atoms with van der Waals surface area (Å²) in [5.41, 5.74) is 2.64. The highest BCUT2D eigenvalue weighted by molar-refractivity contribution is 5.26. The van der Waals surface area contributed by atoms with Gasteiger partial charge < -0.3 is 15.7 Å². The first-order valence-electron chi connectivity index (χ1n) is 7.58. The van der Waals surface area contributed by atoms with Crippen molar-refractivity contribution < 1.29 is 5.11 Å². The Kier molecular flexibility index (Phi) is 4.53. The second-order valence-electron chi connectivity index (χ2n) is 5.77. The van der Waals surface area contributed by atoms with Gasteiger partial charge in [0.2, 0.25) is 0 Å². The Hall–Kier alpha value is -1.84. The maximum atomic E-state index is 9.31. The molecule has 0 bridgehead atoms. The number of hydrogen-bond donors (Lipinski definition) is 3. The van der Waals surface area contributed by atoms with Crippen LogP contribution in [0.4, 0.5) is 0 Å². The number of phenols is 1. The molecule has 0 unspecified atom stereocenters. The van der Waals surface area contributed by atoms with E-state index in [4.69, 9.17) is 0 Å². The van der Waals surface area contributed by atoms with Crippen molar-refractivity contribution in [2.45, 2.75) is 24.9 Å². The fraction of sp³-hybridized carbons (Fsp3) is 0.333. The molecule has 1 fully saturated rings. The molecular formula is C18H22N2O. The average Bonchev–Trinajstić information content (AvgIpc) is 2.53. The number of benzene rings is 2. The summed E-state index contributed by atoms with van der Waals surface area (Å²) < 4.78 is 0. The minimum absolute atomic E-state index is 0.330. The summed E-state index contributed by atoms with van der Waals surface area (Å²) in [5.74, 6) is 0.330. The van der Waals surface area contributed by atoms with E-state index < -0.39 is 0 Å². The van der Waals surface area contributed by atoms with E-state index in [1.807, 2.05) is 12.1 Å². The van der Waals surface area contributed by atoms with E-state index in [0.29, 0.717) is 17.8 Å². The van der Waals surface area contributed by atoms with E-state index >= 15 is 0 Å². The van der Waals surface area contributed by atoms with Gasteiger partial charge in [-0.25, -0.2) is 0 Å². The lowest BCUT2D eigenvalue weighted by Crippen LogP contribution is -2.55. The Labute approximate surface area is 126 Å². The van der Waals surface area contributed by atoms with E-state index in [-0.39, 0.29) is 0 Å². The van der Waals surface area contributed by atoms with Gasteiger partial charge in [0.05, 0.1) is 0 Å². The summed E-state index contributed by atoms with van der Waals surface area (Å²) in [4.78, 5) is 0. The van der Waals surface area contributed by atoms with Crippen LogP contribution in [0.1, 0.15) is 11.1 Å². The number of piperazine rings is 1. The van der Waals surface area contributed by atoms with E-state index in [0.717, 1.165) is 25.9 Å². The van der Waals surface area contributed by atoms with Crippen molar-refractivity contribution in [1.29, 1.82) is 0 Å². The van der Waals surface area contributed by atoms with Crippen LogP contribution in [0.15, 0.2) is 54.6 Å². The van der Waals surface area contributed by atoms with E-state index in [2.05, 4.69) is 41.0 Å². The lowest BCUT2D eigenvalue weighted by molar-refractivity contribution is 0.342. The number of aromatic hydroxyl groups is 1. The third kappa shape index (κ3) is 4.06. The number of rotatable bonds is 4. The monoisotopic (exact) mass is 282 g/mol. The molecule has 1 aliphatic rings. The molecular weight excluding hydrogens is 260 g/mol. The predicted octanol–water partition coefficient (Wildman–Crippen LogP) is 2.11. The smallest absolute Gasteiger partial charge is 0.115 e. The molecule has 3 heteroatoms. The molecule has 2 aromatic carbocycles. The fourth-order valence-electron chi connectivity index (χ4n) is 2.87. The standard InChI is InChI=1S/C18H22N2O/c21-18-8-6-15(7-9-18)11-17-13-19-16(12-20-17)10-14-4-2-1-3-5-14/h1-9,16-17,19-21H,10-13H2/t16-,17-/m0/s1. The van der Waals surface area contributed by atoms with Crippen LogP contribution in [0.25, 0.3) is 0 Å². The summed E-state index contributed by atoms with van der Waals surface area (Å²) in [6, 6.07) is 19.1. The molecule has 1 heterocycles. The van der Waals surface area contributed by atoms with E-state index in [9.17, 15) is 5.11 Å². The van der Waals surface area contributed by atoms with Crippen LogP contribution in [0.2, 0.25) is 0 Å². The van der Waals surface area contributed by atoms with Crippen LogP contribution in [0, 0.1) is 0 Å². The molecule has 0 aliphatic carbocycles. The molecule has 0 amide bonds. The zero-order valence-electron chi connectivity index (χ0n) is 12.1. The van der Waals surface area contributed by atoms with Gasteiger partial charge in [0.25, 0.3) is 0 Å². The summed E-state index contributed by atoms with van der Waals surface area (Å²) in [6.45, 7) is 1.98. The van der Waals surface area contributed by atoms with Gasteiger partial charge in [0.15, 0.2) is 0 Å². The van der Waals surface area contributed by atoms with Gasteiger partial charge in [-0.1, -0.05) is 42.5 Å². The first-order valence-corrected chi connectivity index (χ1v) is 7.58. The van der Waals surface area contributed by atoms with Gasteiger partial charge in [-0.2, -0.15) is 0 Å². The van der Waals surface area contributed by atoms with Crippen molar-refractivity contribution in [3.63, 3.8) is 0 Å². The van der Waals surface area contributed by atoms with Crippen LogP contribution in [-0.4, -0.2) is 30.3 Å². The van der Waals surface area contributed by atoms with Crippen molar-refractivity contribution in [2.24, 2.45) is 0 Å². The first kappa shape index (κ1) is 14.1. The number of phenolic OH excluding ortho intramolecular Hbond substituents is 1. The largest absolute Gasteiger partial charge is 0.508 e. The highest BCUT2D eigenvalue weighted by Gasteiger charge is 2.20. The summed E-state index contributed by atoms with van der Waals surface area (Å²) in [6.07, 6.45) is 2.06. The lowest BCUT2D eigenvalue weighted by Gasteiger charge is -2.31. The predicted molar refractivity (Wildman–Crippen MR) is 85.5 cm³/mol. The van der Waals surface area contributed by atoms with Gasteiger partial charge >= 0.3 is 0 Å². The number of hydrogen-bond acceptors (Lipinski definition) is 3. The van der Waals surface area contributed by atoms with Gasteiger partial charge in [0, 0.05) is 25.2 Å². The third-order valence-corrected chi connectivity index (χ3v) is 4.05. The van der Waals surface area contributed by atoms with Gasteiger partial charge in [0.1, 0.15) is 5.75 Å². The molecule has 2 aromatic rings. The van der Waals surface area contributed by atoms with Crippen molar-refractivity contribution in [2.75, 3.05) is 13.1 Å². The zero-order chi connectivity index (χ0) is 14.5. The van der Waals surface area contributed by atoms with Crippen LogP contribution in [-0.2, 0) is 12.8 Å². The molecule has 0 radical (unpaired) electrons. The van der Waals surface area contributed by atoms with E-state index in [1.54, 1.807) is 12.1 Å². The topological polar surface area (TPSA) is 44.3 Å². The van der Waals surface area contributed by atoms with Crippen LogP contribution in [0.3, 0.4) is 0 Å². The Bertz CT molecular complexity index is 545. The number of nitrogens with one attached hydrogen (secondary N) is 2.